The van der Waals surface area contributed by atoms with Gasteiger partial charge in [0.05, 0.1) is 4.90 Å². The number of piperidine rings is 1. The maximum atomic E-state index is 13.1. The Balaban J connectivity index is 1.66. The molecule has 1 aliphatic rings. The van der Waals surface area contributed by atoms with Crippen LogP contribution in [0.3, 0.4) is 0 Å². The van der Waals surface area contributed by atoms with E-state index in [4.69, 9.17) is 0 Å². The van der Waals surface area contributed by atoms with Gasteiger partial charge < -0.3 is 5.32 Å². The summed E-state index contributed by atoms with van der Waals surface area (Å²) in [6.45, 7) is 2.62. The van der Waals surface area contributed by atoms with Gasteiger partial charge in [-0.3, -0.25) is 4.79 Å². The van der Waals surface area contributed by atoms with Gasteiger partial charge >= 0.3 is 0 Å². The first-order valence-corrected chi connectivity index (χ1v) is 10.9. The molecule has 0 bridgehead atoms. The van der Waals surface area contributed by atoms with Gasteiger partial charge in [0.15, 0.2) is 0 Å². The topological polar surface area (TPSA) is 66.5 Å². The number of carbonyl (C=O) groups is 1. The fourth-order valence-electron chi connectivity index (χ4n) is 3.43. The molecule has 0 radical (unpaired) electrons. The first-order valence-electron chi connectivity index (χ1n) is 9.46. The molecule has 7 heteroatoms. The molecule has 1 fully saturated rings. The van der Waals surface area contributed by atoms with Crippen LogP contribution in [0.4, 0.5) is 4.39 Å². The summed E-state index contributed by atoms with van der Waals surface area (Å²) in [6, 6.07) is 12.4. The molecule has 0 aliphatic carbocycles. The molecular formula is C21H25FN2O3S. The molecule has 1 amide bonds. The van der Waals surface area contributed by atoms with Crippen molar-refractivity contribution in [2.45, 2.75) is 50.1 Å². The summed E-state index contributed by atoms with van der Waals surface area (Å²) in [4.78, 5) is 12.7. The number of sulfonamides is 1. The van der Waals surface area contributed by atoms with E-state index in [-0.39, 0.29) is 35.6 Å². The van der Waals surface area contributed by atoms with Gasteiger partial charge in [0.25, 0.3) is 0 Å². The minimum Gasteiger partial charge on any atom is -0.352 e. The van der Waals surface area contributed by atoms with Gasteiger partial charge in [-0.2, -0.15) is 4.31 Å². The van der Waals surface area contributed by atoms with Gasteiger partial charge in [0, 0.05) is 25.6 Å². The first-order chi connectivity index (χ1) is 13.4. The molecule has 1 N–H and O–H groups in total. The highest BCUT2D eigenvalue weighted by molar-refractivity contribution is 7.89. The molecular weight excluding hydrogens is 379 g/mol. The lowest BCUT2D eigenvalue weighted by atomic mass is 10.0. The minimum absolute atomic E-state index is 0.117. The van der Waals surface area contributed by atoms with E-state index in [1.807, 2.05) is 6.92 Å². The fraction of sp³-hybridized carbons (Fsp3) is 0.381. The smallest absolute Gasteiger partial charge is 0.243 e. The molecule has 0 saturated carbocycles. The third-order valence-electron chi connectivity index (χ3n) is 5.02. The average Bonchev–Trinajstić information content (AvgIpc) is 2.68. The number of carbonyl (C=O) groups excluding carboxylic acids is 1. The van der Waals surface area contributed by atoms with Crippen molar-refractivity contribution in [1.82, 2.24) is 9.62 Å². The number of nitrogens with zero attached hydrogens (tertiary/aromatic N) is 1. The lowest BCUT2D eigenvalue weighted by molar-refractivity contribution is -0.122. The number of aryl methyl sites for hydroxylation is 1. The van der Waals surface area contributed by atoms with E-state index in [0.29, 0.717) is 13.0 Å². The Morgan fingerprint density at radius 2 is 1.79 bits per heavy atom. The summed E-state index contributed by atoms with van der Waals surface area (Å²) in [5.74, 6) is -0.533. The molecule has 1 heterocycles. The van der Waals surface area contributed by atoms with Crippen LogP contribution in [0.1, 0.15) is 36.8 Å². The first kappa shape index (κ1) is 20.5. The number of rotatable bonds is 6. The Bertz CT molecular complexity index is 912. The van der Waals surface area contributed by atoms with Gasteiger partial charge in [0.1, 0.15) is 5.82 Å². The van der Waals surface area contributed by atoms with E-state index in [9.17, 15) is 17.6 Å². The van der Waals surface area contributed by atoms with Gasteiger partial charge in [-0.1, -0.05) is 36.2 Å². The molecule has 2 aromatic rings. The molecule has 3 rings (SSSR count). The van der Waals surface area contributed by atoms with Gasteiger partial charge in [-0.05, 0) is 49.6 Å². The van der Waals surface area contributed by atoms with E-state index in [1.54, 1.807) is 36.4 Å². The van der Waals surface area contributed by atoms with Gasteiger partial charge in [-0.15, -0.1) is 0 Å². The molecule has 2 aromatic carbocycles. The maximum absolute atomic E-state index is 13.1. The largest absolute Gasteiger partial charge is 0.352 e. The summed E-state index contributed by atoms with van der Waals surface area (Å²) >= 11 is 0. The lowest BCUT2D eigenvalue weighted by Gasteiger charge is -2.34. The average molecular weight is 405 g/mol. The fourth-order valence-corrected chi connectivity index (χ4v) is 5.12. The zero-order valence-electron chi connectivity index (χ0n) is 15.9. The number of amides is 1. The number of benzene rings is 2. The zero-order chi connectivity index (χ0) is 20.1. The highest BCUT2D eigenvalue weighted by Crippen LogP contribution is 2.27. The monoisotopic (exact) mass is 404 g/mol. The van der Waals surface area contributed by atoms with E-state index >= 15 is 0 Å². The summed E-state index contributed by atoms with van der Waals surface area (Å²) in [5, 5.41) is 2.80. The molecule has 1 saturated heterocycles. The van der Waals surface area contributed by atoms with Crippen LogP contribution >= 0.6 is 0 Å². The van der Waals surface area contributed by atoms with E-state index in [1.165, 1.54) is 16.4 Å². The predicted molar refractivity (Wildman–Crippen MR) is 106 cm³/mol. The second-order valence-electron chi connectivity index (χ2n) is 7.19. The normalized spacial score (nSPS) is 18.0. The Hall–Kier alpha value is -2.25. The quantitative estimate of drug-likeness (QED) is 0.803. The zero-order valence-corrected chi connectivity index (χ0v) is 16.7. The number of halogens is 1. The Morgan fingerprint density at radius 1 is 1.11 bits per heavy atom. The van der Waals surface area contributed by atoms with E-state index in [2.05, 4.69) is 5.32 Å². The van der Waals surface area contributed by atoms with Crippen molar-refractivity contribution in [3.05, 3.63) is 65.5 Å². The van der Waals surface area contributed by atoms with Crippen molar-refractivity contribution in [2.24, 2.45) is 0 Å². The van der Waals surface area contributed by atoms with Crippen molar-refractivity contribution in [1.29, 1.82) is 0 Å². The Kier molecular flexibility index (Phi) is 6.46. The summed E-state index contributed by atoms with van der Waals surface area (Å²) in [5.41, 5.74) is 1.79. The van der Waals surface area contributed by atoms with Crippen LogP contribution in [0.5, 0.6) is 0 Å². The van der Waals surface area contributed by atoms with Crippen molar-refractivity contribution in [2.75, 3.05) is 6.54 Å². The number of hydrogen-bond donors (Lipinski definition) is 1. The molecule has 1 atom stereocenters. The molecule has 28 heavy (non-hydrogen) atoms. The van der Waals surface area contributed by atoms with Crippen molar-refractivity contribution >= 4 is 15.9 Å². The standard InChI is InChI=1S/C21H25FN2O3S/c1-16-5-11-20(12-6-16)28(26,27)24-13-3-2-4-19(24)14-21(25)23-15-17-7-9-18(22)10-8-17/h5-12,19H,2-4,13-15H2,1H3,(H,23,25)/t19-/m1/s1. The SMILES string of the molecule is Cc1ccc(S(=O)(=O)N2CCCC[C@@H]2CC(=O)NCc2ccc(F)cc2)cc1. The molecule has 0 spiro atoms. The molecule has 5 nitrogen and oxygen atoms in total. The van der Waals surface area contributed by atoms with Crippen LogP contribution in [-0.4, -0.2) is 31.2 Å². The predicted octanol–water partition coefficient (Wildman–Crippen LogP) is 3.38. The highest BCUT2D eigenvalue weighted by Gasteiger charge is 2.34. The van der Waals surface area contributed by atoms with Gasteiger partial charge in [-0.25, -0.2) is 12.8 Å². The minimum atomic E-state index is -3.63. The summed E-state index contributed by atoms with van der Waals surface area (Å²) < 4.78 is 40.6. The summed E-state index contributed by atoms with van der Waals surface area (Å²) in [6.07, 6.45) is 2.47. The highest BCUT2D eigenvalue weighted by atomic mass is 32.2. The Labute approximate surface area is 165 Å². The molecule has 0 unspecified atom stereocenters. The lowest BCUT2D eigenvalue weighted by Crippen LogP contribution is -2.45. The third-order valence-corrected chi connectivity index (χ3v) is 6.99. The van der Waals surface area contributed by atoms with Crippen LogP contribution in [0.25, 0.3) is 0 Å². The number of nitrogens with one attached hydrogen (secondary N) is 1. The molecule has 0 aromatic heterocycles. The van der Waals surface area contributed by atoms with Crippen LogP contribution < -0.4 is 5.32 Å². The second-order valence-corrected chi connectivity index (χ2v) is 9.08. The van der Waals surface area contributed by atoms with Crippen molar-refractivity contribution < 1.29 is 17.6 Å². The van der Waals surface area contributed by atoms with Gasteiger partial charge in [0.2, 0.25) is 15.9 Å². The van der Waals surface area contributed by atoms with Crippen LogP contribution in [0.2, 0.25) is 0 Å². The molecule has 150 valence electrons. The van der Waals surface area contributed by atoms with Crippen molar-refractivity contribution in [3.63, 3.8) is 0 Å². The number of hydrogen-bond acceptors (Lipinski definition) is 3. The third kappa shape index (κ3) is 4.97. The van der Waals surface area contributed by atoms with E-state index < -0.39 is 10.0 Å². The second kappa shape index (κ2) is 8.84. The van der Waals surface area contributed by atoms with Crippen LogP contribution in [-0.2, 0) is 21.4 Å². The van der Waals surface area contributed by atoms with E-state index in [0.717, 1.165) is 24.0 Å². The van der Waals surface area contributed by atoms with Crippen molar-refractivity contribution in [3.8, 4) is 0 Å². The summed E-state index contributed by atoms with van der Waals surface area (Å²) in [7, 11) is -3.63. The Morgan fingerprint density at radius 3 is 2.46 bits per heavy atom. The van der Waals surface area contributed by atoms with Crippen LogP contribution in [0, 0.1) is 12.7 Å². The molecule has 1 aliphatic heterocycles. The maximum Gasteiger partial charge on any atom is 0.243 e. The van der Waals surface area contributed by atoms with Crippen LogP contribution in [0.15, 0.2) is 53.4 Å².